The molecule has 3 rings (SSSR count). The van der Waals surface area contributed by atoms with Crippen molar-refractivity contribution in [2.75, 3.05) is 11.1 Å². The quantitative estimate of drug-likeness (QED) is 0.658. The molecule has 5 heteroatoms. The van der Waals surface area contributed by atoms with Crippen LogP contribution in [0.3, 0.4) is 0 Å². The molecule has 0 saturated carbocycles. The zero-order chi connectivity index (χ0) is 18.7. The number of rotatable bonds is 5. The third kappa shape index (κ3) is 3.99. The van der Waals surface area contributed by atoms with Crippen LogP contribution in [-0.2, 0) is 4.79 Å². The van der Waals surface area contributed by atoms with E-state index in [-0.39, 0.29) is 5.91 Å². The fourth-order valence-corrected chi connectivity index (χ4v) is 3.75. The van der Waals surface area contributed by atoms with Crippen LogP contribution in [0.25, 0.3) is 5.69 Å². The molecule has 0 aliphatic carbocycles. The Kier molecular flexibility index (Phi) is 5.47. The first-order valence-corrected chi connectivity index (χ1v) is 9.56. The van der Waals surface area contributed by atoms with Crippen LogP contribution in [0.5, 0.6) is 0 Å². The molecule has 1 aromatic heterocycles. The van der Waals surface area contributed by atoms with Crippen molar-refractivity contribution in [3.8, 4) is 5.69 Å². The smallest absolute Gasteiger partial charge is 0.234 e. The molecule has 1 N–H and O–H groups in total. The molecule has 134 valence electrons. The number of nitrogens with one attached hydrogen (secondary N) is 1. The number of para-hydroxylation sites is 1. The number of carbonyl (C=O) groups excluding carboxylic acids is 1. The molecule has 0 radical (unpaired) electrons. The van der Waals surface area contributed by atoms with Gasteiger partial charge in [-0.2, -0.15) is 5.10 Å². The number of benzene rings is 2. The highest BCUT2D eigenvalue weighted by Gasteiger charge is 2.15. The minimum absolute atomic E-state index is 0.00467. The summed E-state index contributed by atoms with van der Waals surface area (Å²) in [5.74, 6) is 0.352. The first-order chi connectivity index (χ1) is 12.5. The summed E-state index contributed by atoms with van der Waals surface area (Å²) in [6.07, 6.45) is 0. The zero-order valence-corrected chi connectivity index (χ0v) is 16.4. The van der Waals surface area contributed by atoms with Gasteiger partial charge in [0.25, 0.3) is 0 Å². The molecule has 1 amide bonds. The highest BCUT2D eigenvalue weighted by Crippen LogP contribution is 2.28. The van der Waals surface area contributed by atoms with Crippen LogP contribution < -0.4 is 5.32 Å². The molecular formula is C21H23N3OS. The van der Waals surface area contributed by atoms with E-state index in [4.69, 9.17) is 0 Å². The van der Waals surface area contributed by atoms with Crippen molar-refractivity contribution in [3.05, 3.63) is 71.0 Å². The first kappa shape index (κ1) is 18.3. The van der Waals surface area contributed by atoms with E-state index in [0.29, 0.717) is 5.75 Å². The van der Waals surface area contributed by atoms with E-state index in [1.165, 1.54) is 11.8 Å². The summed E-state index contributed by atoms with van der Waals surface area (Å²) in [5, 5.41) is 7.64. The van der Waals surface area contributed by atoms with Crippen LogP contribution in [0, 0.1) is 27.7 Å². The predicted molar refractivity (Wildman–Crippen MR) is 108 cm³/mol. The molecule has 0 aliphatic rings. The lowest BCUT2D eigenvalue weighted by atomic mass is 10.1. The summed E-state index contributed by atoms with van der Waals surface area (Å²) in [4.78, 5) is 13.4. The molecule has 0 bridgehead atoms. The Morgan fingerprint density at radius 3 is 2.54 bits per heavy atom. The van der Waals surface area contributed by atoms with E-state index in [0.717, 1.165) is 38.8 Å². The van der Waals surface area contributed by atoms with Crippen molar-refractivity contribution in [1.82, 2.24) is 9.78 Å². The van der Waals surface area contributed by atoms with Gasteiger partial charge in [-0.3, -0.25) is 4.79 Å². The van der Waals surface area contributed by atoms with Crippen LogP contribution in [0.4, 0.5) is 5.69 Å². The van der Waals surface area contributed by atoms with E-state index < -0.39 is 0 Å². The van der Waals surface area contributed by atoms with Gasteiger partial charge in [-0.05, 0) is 57.0 Å². The van der Waals surface area contributed by atoms with E-state index in [1.54, 1.807) is 0 Å². The maximum absolute atomic E-state index is 12.4. The Bertz CT molecular complexity index is 932. The Morgan fingerprint density at radius 1 is 1.08 bits per heavy atom. The number of hydrogen-bond acceptors (Lipinski definition) is 3. The van der Waals surface area contributed by atoms with Crippen LogP contribution in [0.15, 0.2) is 53.4 Å². The first-order valence-electron chi connectivity index (χ1n) is 8.57. The number of aryl methyl sites for hydroxylation is 3. The molecule has 0 atom stereocenters. The molecule has 0 spiro atoms. The molecule has 3 aromatic rings. The molecule has 0 aliphatic heterocycles. The van der Waals surface area contributed by atoms with Crippen molar-refractivity contribution in [1.29, 1.82) is 0 Å². The maximum Gasteiger partial charge on any atom is 0.234 e. The molecule has 0 fully saturated rings. The number of thioether (sulfide) groups is 1. The molecule has 0 saturated heterocycles. The maximum atomic E-state index is 12.4. The average Bonchev–Trinajstić information content (AvgIpc) is 2.91. The second kappa shape index (κ2) is 7.79. The van der Waals surface area contributed by atoms with E-state index in [9.17, 15) is 4.79 Å². The number of anilines is 1. The van der Waals surface area contributed by atoms with Crippen molar-refractivity contribution in [2.45, 2.75) is 32.6 Å². The van der Waals surface area contributed by atoms with Gasteiger partial charge in [-0.1, -0.05) is 30.3 Å². The second-order valence-corrected chi connectivity index (χ2v) is 7.39. The summed E-state index contributed by atoms with van der Waals surface area (Å²) in [5.41, 5.74) is 6.10. The van der Waals surface area contributed by atoms with Crippen LogP contribution in [0.2, 0.25) is 0 Å². The minimum Gasteiger partial charge on any atom is -0.325 e. The Balaban J connectivity index is 1.71. The van der Waals surface area contributed by atoms with E-state index in [2.05, 4.69) is 10.4 Å². The summed E-state index contributed by atoms with van der Waals surface area (Å²) in [6.45, 7) is 8.05. The van der Waals surface area contributed by atoms with Gasteiger partial charge >= 0.3 is 0 Å². The molecule has 4 nitrogen and oxygen atoms in total. The van der Waals surface area contributed by atoms with Gasteiger partial charge in [0.05, 0.1) is 27.7 Å². The van der Waals surface area contributed by atoms with E-state index >= 15 is 0 Å². The monoisotopic (exact) mass is 365 g/mol. The fraction of sp³-hybridized carbons (Fsp3) is 0.238. The Morgan fingerprint density at radius 2 is 1.81 bits per heavy atom. The van der Waals surface area contributed by atoms with Gasteiger partial charge in [0.2, 0.25) is 5.91 Å². The highest BCUT2D eigenvalue weighted by molar-refractivity contribution is 8.00. The average molecular weight is 366 g/mol. The molecule has 0 unspecified atom stereocenters. The topological polar surface area (TPSA) is 46.9 Å². The Hall–Kier alpha value is -2.53. The lowest BCUT2D eigenvalue weighted by Gasteiger charge is -2.09. The second-order valence-electron chi connectivity index (χ2n) is 6.40. The van der Waals surface area contributed by atoms with Crippen molar-refractivity contribution in [2.24, 2.45) is 0 Å². The lowest BCUT2D eigenvalue weighted by Crippen LogP contribution is -2.15. The number of hydrogen-bond donors (Lipinski definition) is 1. The van der Waals surface area contributed by atoms with Crippen LogP contribution >= 0.6 is 11.8 Å². The number of nitrogens with zero attached hydrogens (tertiary/aromatic N) is 2. The van der Waals surface area contributed by atoms with Gasteiger partial charge in [0.1, 0.15) is 0 Å². The minimum atomic E-state index is -0.00467. The normalized spacial score (nSPS) is 10.8. The van der Waals surface area contributed by atoms with Crippen molar-refractivity contribution < 1.29 is 4.79 Å². The summed E-state index contributed by atoms with van der Waals surface area (Å²) >= 11 is 1.53. The zero-order valence-electron chi connectivity index (χ0n) is 15.5. The fourth-order valence-electron chi connectivity index (χ4n) is 2.85. The van der Waals surface area contributed by atoms with Crippen molar-refractivity contribution in [3.63, 3.8) is 0 Å². The van der Waals surface area contributed by atoms with Gasteiger partial charge in [0, 0.05) is 5.69 Å². The van der Waals surface area contributed by atoms with Gasteiger partial charge in [-0.25, -0.2) is 4.68 Å². The summed E-state index contributed by atoms with van der Waals surface area (Å²) < 4.78 is 1.93. The number of carbonyl (C=O) groups is 1. The molecular weight excluding hydrogens is 342 g/mol. The largest absolute Gasteiger partial charge is 0.325 e. The van der Waals surface area contributed by atoms with Gasteiger partial charge < -0.3 is 5.32 Å². The van der Waals surface area contributed by atoms with Crippen molar-refractivity contribution >= 4 is 23.4 Å². The molecule has 2 aromatic carbocycles. The lowest BCUT2D eigenvalue weighted by molar-refractivity contribution is -0.113. The molecule has 1 heterocycles. The van der Waals surface area contributed by atoms with Gasteiger partial charge in [0.15, 0.2) is 0 Å². The van der Waals surface area contributed by atoms with Crippen LogP contribution in [-0.4, -0.2) is 21.4 Å². The summed E-state index contributed by atoms with van der Waals surface area (Å²) in [6, 6.07) is 16.1. The van der Waals surface area contributed by atoms with Crippen LogP contribution in [0.1, 0.15) is 22.5 Å². The number of aromatic nitrogens is 2. The summed E-state index contributed by atoms with van der Waals surface area (Å²) in [7, 11) is 0. The van der Waals surface area contributed by atoms with E-state index in [1.807, 2.05) is 80.9 Å². The Labute approximate surface area is 158 Å². The number of amides is 1. The SMILES string of the molecule is Cc1ccc(C)c(NC(=O)CSc2c(C)nn(-c3ccccc3)c2C)c1. The highest BCUT2D eigenvalue weighted by atomic mass is 32.2. The van der Waals surface area contributed by atoms with Gasteiger partial charge in [-0.15, -0.1) is 11.8 Å². The predicted octanol–water partition coefficient (Wildman–Crippen LogP) is 4.84. The molecule has 26 heavy (non-hydrogen) atoms. The third-order valence-corrected chi connectivity index (χ3v) is 5.53. The third-order valence-electron chi connectivity index (χ3n) is 4.24. The standard InChI is InChI=1S/C21H23N3OS/c1-14-10-11-15(2)19(12-14)22-20(25)13-26-21-16(3)23-24(17(21)4)18-8-6-5-7-9-18/h5-12H,13H2,1-4H3,(H,22,25).